The lowest BCUT2D eigenvalue weighted by molar-refractivity contribution is 0.593. The quantitative estimate of drug-likeness (QED) is 0.897. The SMILES string of the molecule is NCC(Nc1ccc(F)cc1)c1cc(Cl)ccc1F. The van der Waals surface area contributed by atoms with Crippen molar-refractivity contribution in [1.29, 1.82) is 0 Å². The fourth-order valence-corrected chi connectivity index (χ4v) is 1.97. The Bertz CT molecular complexity index is 558. The number of benzene rings is 2. The Balaban J connectivity index is 2.24. The van der Waals surface area contributed by atoms with Gasteiger partial charge in [-0.05, 0) is 42.5 Å². The first-order chi connectivity index (χ1) is 9.10. The van der Waals surface area contributed by atoms with Crippen LogP contribution in [0, 0.1) is 11.6 Å². The molecule has 0 saturated heterocycles. The summed E-state index contributed by atoms with van der Waals surface area (Å²) < 4.78 is 26.6. The largest absolute Gasteiger partial charge is 0.377 e. The Morgan fingerprint density at radius 3 is 2.42 bits per heavy atom. The van der Waals surface area contributed by atoms with Crippen molar-refractivity contribution in [1.82, 2.24) is 0 Å². The minimum absolute atomic E-state index is 0.189. The van der Waals surface area contributed by atoms with E-state index in [4.69, 9.17) is 17.3 Å². The van der Waals surface area contributed by atoms with Gasteiger partial charge in [-0.2, -0.15) is 0 Å². The molecule has 0 spiro atoms. The number of hydrogen-bond donors (Lipinski definition) is 2. The highest BCUT2D eigenvalue weighted by Crippen LogP contribution is 2.24. The maximum absolute atomic E-state index is 13.8. The van der Waals surface area contributed by atoms with Crippen LogP contribution in [0.2, 0.25) is 5.02 Å². The van der Waals surface area contributed by atoms with Gasteiger partial charge in [-0.25, -0.2) is 8.78 Å². The van der Waals surface area contributed by atoms with E-state index in [1.807, 2.05) is 0 Å². The van der Waals surface area contributed by atoms with Gasteiger partial charge < -0.3 is 11.1 Å². The Morgan fingerprint density at radius 2 is 1.79 bits per heavy atom. The molecular formula is C14H13ClF2N2. The standard InChI is InChI=1S/C14H13ClF2N2/c15-9-1-6-13(17)12(7-9)14(8-18)19-11-4-2-10(16)3-5-11/h1-7,14,19H,8,18H2. The molecule has 0 bridgehead atoms. The van der Waals surface area contributed by atoms with Crippen molar-refractivity contribution < 1.29 is 8.78 Å². The van der Waals surface area contributed by atoms with Crippen LogP contribution in [0.15, 0.2) is 42.5 Å². The molecule has 2 rings (SSSR count). The third-order valence-corrected chi connectivity index (χ3v) is 2.99. The zero-order valence-electron chi connectivity index (χ0n) is 10.0. The zero-order chi connectivity index (χ0) is 13.8. The number of rotatable bonds is 4. The molecule has 2 aromatic carbocycles. The van der Waals surface area contributed by atoms with Crippen molar-refractivity contribution in [3.05, 3.63) is 64.7 Å². The van der Waals surface area contributed by atoms with Crippen molar-refractivity contribution >= 4 is 17.3 Å². The third kappa shape index (κ3) is 3.43. The lowest BCUT2D eigenvalue weighted by atomic mass is 10.1. The van der Waals surface area contributed by atoms with E-state index >= 15 is 0 Å². The van der Waals surface area contributed by atoms with Gasteiger partial charge >= 0.3 is 0 Å². The molecule has 0 heterocycles. The minimum Gasteiger partial charge on any atom is -0.377 e. The van der Waals surface area contributed by atoms with Crippen molar-refractivity contribution in [3.63, 3.8) is 0 Å². The van der Waals surface area contributed by atoms with Gasteiger partial charge in [0.15, 0.2) is 0 Å². The number of nitrogens with one attached hydrogen (secondary N) is 1. The second-order valence-electron chi connectivity index (χ2n) is 4.11. The Hall–Kier alpha value is -1.65. The van der Waals surface area contributed by atoms with Crippen LogP contribution >= 0.6 is 11.6 Å². The van der Waals surface area contributed by atoms with Crippen molar-refractivity contribution in [2.24, 2.45) is 5.73 Å². The van der Waals surface area contributed by atoms with E-state index in [0.29, 0.717) is 16.3 Å². The van der Waals surface area contributed by atoms with Gasteiger partial charge in [0, 0.05) is 22.8 Å². The second kappa shape index (κ2) is 5.99. The summed E-state index contributed by atoms with van der Waals surface area (Å²) in [5, 5.41) is 3.49. The number of nitrogens with two attached hydrogens (primary N) is 1. The van der Waals surface area contributed by atoms with E-state index in [0.717, 1.165) is 0 Å². The molecule has 0 fully saturated rings. The molecule has 1 atom stereocenters. The molecule has 2 aromatic rings. The Morgan fingerprint density at radius 1 is 1.11 bits per heavy atom. The van der Waals surface area contributed by atoms with Crippen LogP contribution in [0.25, 0.3) is 0 Å². The first kappa shape index (κ1) is 13.8. The lowest BCUT2D eigenvalue weighted by Gasteiger charge is -2.19. The summed E-state index contributed by atoms with van der Waals surface area (Å²) in [4.78, 5) is 0. The second-order valence-corrected chi connectivity index (χ2v) is 4.54. The summed E-state index contributed by atoms with van der Waals surface area (Å²) in [6.07, 6.45) is 0. The summed E-state index contributed by atoms with van der Waals surface area (Å²) in [5.41, 5.74) is 6.71. The van der Waals surface area contributed by atoms with E-state index in [1.54, 1.807) is 12.1 Å². The van der Waals surface area contributed by atoms with Crippen LogP contribution in [-0.4, -0.2) is 6.54 Å². The molecule has 2 nitrogen and oxygen atoms in total. The van der Waals surface area contributed by atoms with Gasteiger partial charge in [0.1, 0.15) is 11.6 Å². The van der Waals surface area contributed by atoms with Crippen molar-refractivity contribution in [3.8, 4) is 0 Å². The predicted octanol–water partition coefficient (Wildman–Crippen LogP) is 3.73. The molecule has 100 valence electrons. The van der Waals surface area contributed by atoms with Gasteiger partial charge in [-0.1, -0.05) is 11.6 Å². The predicted molar refractivity (Wildman–Crippen MR) is 73.2 cm³/mol. The van der Waals surface area contributed by atoms with Gasteiger partial charge in [0.25, 0.3) is 0 Å². The number of hydrogen-bond acceptors (Lipinski definition) is 2. The molecular weight excluding hydrogens is 270 g/mol. The minimum atomic E-state index is -0.427. The molecule has 0 radical (unpaired) electrons. The monoisotopic (exact) mass is 282 g/mol. The molecule has 0 aliphatic heterocycles. The number of anilines is 1. The molecule has 0 amide bonds. The molecule has 3 N–H and O–H groups in total. The van der Waals surface area contributed by atoms with Gasteiger partial charge in [0.2, 0.25) is 0 Å². The topological polar surface area (TPSA) is 38.0 Å². The van der Waals surface area contributed by atoms with Crippen molar-refractivity contribution in [2.45, 2.75) is 6.04 Å². The van der Waals surface area contributed by atoms with Crippen LogP contribution in [0.3, 0.4) is 0 Å². The highest BCUT2D eigenvalue weighted by atomic mass is 35.5. The summed E-state index contributed by atoms with van der Waals surface area (Å²) in [7, 11) is 0. The first-order valence-corrected chi connectivity index (χ1v) is 6.15. The average molecular weight is 283 g/mol. The molecule has 0 aliphatic carbocycles. The summed E-state index contributed by atoms with van der Waals surface area (Å²) in [6, 6.07) is 9.67. The molecule has 1 unspecified atom stereocenters. The first-order valence-electron chi connectivity index (χ1n) is 5.77. The highest BCUT2D eigenvalue weighted by molar-refractivity contribution is 6.30. The normalized spacial score (nSPS) is 12.2. The van der Waals surface area contributed by atoms with E-state index in [1.165, 1.54) is 30.3 Å². The molecule has 5 heteroatoms. The number of halogens is 3. The fourth-order valence-electron chi connectivity index (χ4n) is 1.79. The Labute approximate surface area is 115 Å². The summed E-state index contributed by atoms with van der Waals surface area (Å²) >= 11 is 5.86. The summed E-state index contributed by atoms with van der Waals surface area (Å²) in [6.45, 7) is 0.189. The molecule has 0 aromatic heterocycles. The molecule has 19 heavy (non-hydrogen) atoms. The van der Waals surface area contributed by atoms with Gasteiger partial charge in [0.05, 0.1) is 6.04 Å². The maximum atomic E-state index is 13.8. The third-order valence-electron chi connectivity index (χ3n) is 2.75. The van der Waals surface area contributed by atoms with Crippen LogP contribution in [0.1, 0.15) is 11.6 Å². The molecule has 0 aliphatic rings. The van der Waals surface area contributed by atoms with E-state index < -0.39 is 6.04 Å². The zero-order valence-corrected chi connectivity index (χ0v) is 10.8. The lowest BCUT2D eigenvalue weighted by Crippen LogP contribution is -2.21. The van der Waals surface area contributed by atoms with Crippen LogP contribution in [0.4, 0.5) is 14.5 Å². The smallest absolute Gasteiger partial charge is 0.128 e. The van der Waals surface area contributed by atoms with Crippen LogP contribution < -0.4 is 11.1 Å². The fraction of sp³-hybridized carbons (Fsp3) is 0.143. The maximum Gasteiger partial charge on any atom is 0.128 e. The van der Waals surface area contributed by atoms with Crippen LogP contribution in [0.5, 0.6) is 0 Å². The van der Waals surface area contributed by atoms with Gasteiger partial charge in [-0.15, -0.1) is 0 Å². The van der Waals surface area contributed by atoms with Gasteiger partial charge in [-0.3, -0.25) is 0 Å². The highest BCUT2D eigenvalue weighted by Gasteiger charge is 2.14. The van der Waals surface area contributed by atoms with Crippen LogP contribution in [-0.2, 0) is 0 Å². The average Bonchev–Trinajstić information content (AvgIpc) is 2.41. The summed E-state index contributed by atoms with van der Waals surface area (Å²) in [5.74, 6) is -0.710. The van der Waals surface area contributed by atoms with E-state index in [-0.39, 0.29) is 18.2 Å². The molecule has 0 saturated carbocycles. The van der Waals surface area contributed by atoms with E-state index in [2.05, 4.69) is 5.32 Å². The van der Waals surface area contributed by atoms with E-state index in [9.17, 15) is 8.78 Å². The van der Waals surface area contributed by atoms with Crippen molar-refractivity contribution in [2.75, 3.05) is 11.9 Å². The Kier molecular flexibility index (Phi) is 4.35.